The van der Waals surface area contributed by atoms with E-state index in [1.54, 1.807) is 0 Å². The second-order valence-electron chi connectivity index (χ2n) is 9.53. The fourth-order valence-electron chi connectivity index (χ4n) is 3.81. The average Bonchev–Trinajstić information content (AvgIpc) is 3.76. The first-order valence-corrected chi connectivity index (χ1v) is 15.4. The van der Waals surface area contributed by atoms with Crippen LogP contribution in [0.4, 0.5) is 14.6 Å². The summed E-state index contributed by atoms with van der Waals surface area (Å²) in [7, 11) is -3.65. The van der Waals surface area contributed by atoms with Gasteiger partial charge in [-0.15, -0.1) is 0 Å². The normalized spacial score (nSPS) is 13.7. The highest BCUT2D eigenvalue weighted by atomic mass is 35.5. The van der Waals surface area contributed by atoms with Crippen LogP contribution in [0.1, 0.15) is 40.4 Å². The van der Waals surface area contributed by atoms with Crippen molar-refractivity contribution >= 4 is 51.0 Å². The molecule has 2 heterocycles. The molecular weight excluding hydrogens is 635 g/mol. The summed E-state index contributed by atoms with van der Waals surface area (Å²) in [5.74, 6) is -1.86. The van der Waals surface area contributed by atoms with Crippen LogP contribution in [0.5, 0.6) is 11.5 Å². The number of anilines is 1. The summed E-state index contributed by atoms with van der Waals surface area (Å²) in [6.07, 6.45) is 5.88. The molecule has 0 spiro atoms. The van der Waals surface area contributed by atoms with Crippen molar-refractivity contribution in [3.63, 3.8) is 0 Å². The minimum atomic E-state index is -3.65. The van der Waals surface area contributed by atoms with Gasteiger partial charge in [-0.05, 0) is 48.6 Å². The summed E-state index contributed by atoms with van der Waals surface area (Å²) < 4.78 is 72.2. The van der Waals surface area contributed by atoms with E-state index in [9.17, 15) is 26.8 Å². The number of carbonyl (C=O) groups excluding carboxylic acids is 2. The van der Waals surface area contributed by atoms with E-state index in [0.717, 1.165) is 25.2 Å². The van der Waals surface area contributed by atoms with Gasteiger partial charge in [0.1, 0.15) is 22.0 Å². The number of nitrogens with zero attached hydrogens (tertiary/aromatic N) is 1. The van der Waals surface area contributed by atoms with E-state index in [-0.39, 0.29) is 39.3 Å². The smallest absolute Gasteiger partial charge is 0.387 e. The molecule has 1 aliphatic rings. The average molecular weight is 661 g/mol. The van der Waals surface area contributed by atoms with Crippen LogP contribution in [0.15, 0.2) is 48.9 Å². The first-order chi connectivity index (χ1) is 20.4. The minimum absolute atomic E-state index is 0.0337. The number of halogens is 4. The number of alkyl halides is 2. The van der Waals surface area contributed by atoms with Crippen LogP contribution in [0.25, 0.3) is 0 Å². The van der Waals surface area contributed by atoms with E-state index in [1.165, 1.54) is 42.9 Å². The molecule has 1 fully saturated rings. The first kappa shape index (κ1) is 32.2. The Morgan fingerprint density at radius 1 is 1.12 bits per heavy atom. The number of hydrogen-bond acceptors (Lipinski definition) is 9. The van der Waals surface area contributed by atoms with Gasteiger partial charge >= 0.3 is 18.6 Å². The molecule has 2 aromatic heterocycles. The molecule has 3 aromatic rings. The summed E-state index contributed by atoms with van der Waals surface area (Å²) >= 11 is 12.6. The first-order valence-electron chi connectivity index (χ1n) is 12.7. The third-order valence-electron chi connectivity index (χ3n) is 5.99. The number of rotatable bonds is 14. The highest BCUT2D eigenvalue weighted by Crippen LogP contribution is 2.37. The van der Waals surface area contributed by atoms with E-state index in [4.69, 9.17) is 37.4 Å². The third-order valence-corrected chi connectivity index (χ3v) is 7.25. The number of esters is 2. The van der Waals surface area contributed by atoms with Crippen molar-refractivity contribution in [2.24, 2.45) is 5.92 Å². The zero-order chi connectivity index (χ0) is 31.1. The van der Waals surface area contributed by atoms with Crippen molar-refractivity contribution < 1.29 is 50.7 Å². The van der Waals surface area contributed by atoms with Gasteiger partial charge in [-0.1, -0.05) is 29.3 Å². The standard InChI is InChI=1S/C27H25Cl2F2N3O8S/c1-43(37,38)34-24-9-17(6-7-33-24)26(36)40-14-25(35)41-22(10-18-19(28)11-32-12-20(18)29)16-4-5-21(42-27(30)31)23(8-16)39-13-15-2-3-15/h4-9,11-12,15,22,27H,2-3,10,13-14H2,1H3,(H,33,34)/p+1/t22-/m0/s1. The number of H-pyrrole nitrogens is 1. The van der Waals surface area contributed by atoms with Gasteiger partial charge in [0.25, 0.3) is 0 Å². The van der Waals surface area contributed by atoms with Crippen LogP contribution in [0.2, 0.25) is 10.0 Å². The fourth-order valence-corrected chi connectivity index (χ4v) is 4.84. The molecule has 0 aliphatic heterocycles. The number of ether oxygens (including phenoxy) is 4. The maximum absolute atomic E-state index is 13.0. The monoisotopic (exact) mass is 660 g/mol. The van der Waals surface area contributed by atoms with Crippen LogP contribution in [0, 0.1) is 5.92 Å². The van der Waals surface area contributed by atoms with Crippen molar-refractivity contribution in [3.05, 3.63) is 75.7 Å². The molecular formula is C27H26Cl2F2N3O8S+. The van der Waals surface area contributed by atoms with Crippen molar-refractivity contribution in [2.45, 2.75) is 32.0 Å². The molecule has 0 unspecified atom stereocenters. The minimum Gasteiger partial charge on any atom is -0.489 e. The number of nitrogens with one attached hydrogen (secondary N) is 2. The van der Waals surface area contributed by atoms with Crippen LogP contribution in [0.3, 0.4) is 0 Å². The predicted octanol–water partition coefficient (Wildman–Crippen LogP) is 4.65. The number of aromatic nitrogens is 2. The van der Waals surface area contributed by atoms with Crippen LogP contribution < -0.4 is 19.2 Å². The second kappa shape index (κ2) is 14.1. The van der Waals surface area contributed by atoms with Crippen LogP contribution >= 0.6 is 23.2 Å². The highest BCUT2D eigenvalue weighted by molar-refractivity contribution is 7.92. The Morgan fingerprint density at radius 2 is 1.84 bits per heavy atom. The van der Waals surface area contributed by atoms with E-state index in [0.29, 0.717) is 23.7 Å². The number of benzene rings is 1. The Morgan fingerprint density at radius 3 is 2.49 bits per heavy atom. The van der Waals surface area contributed by atoms with E-state index >= 15 is 0 Å². The number of sulfonamides is 1. The van der Waals surface area contributed by atoms with Crippen LogP contribution in [-0.4, -0.2) is 51.4 Å². The molecule has 11 nitrogen and oxygen atoms in total. The van der Waals surface area contributed by atoms with Gasteiger partial charge in [-0.3, -0.25) is 4.72 Å². The maximum atomic E-state index is 13.0. The molecule has 1 aromatic carbocycles. The number of hydrogen-bond donors (Lipinski definition) is 1. The van der Waals surface area contributed by atoms with Gasteiger partial charge in [0.05, 0.1) is 18.4 Å². The van der Waals surface area contributed by atoms with E-state index < -0.39 is 41.3 Å². The number of pyridine rings is 2. The Bertz CT molecular complexity index is 1570. The maximum Gasteiger partial charge on any atom is 0.387 e. The molecule has 4 rings (SSSR count). The zero-order valence-electron chi connectivity index (χ0n) is 22.5. The van der Waals surface area contributed by atoms with Crippen LogP contribution in [-0.2, 0) is 30.7 Å². The lowest BCUT2D eigenvalue weighted by molar-refractivity contribution is -0.377. The van der Waals surface area contributed by atoms with Gasteiger partial charge < -0.3 is 18.9 Å². The zero-order valence-corrected chi connectivity index (χ0v) is 24.8. The molecule has 1 atom stereocenters. The SMILES string of the molecule is CS(=O)(=O)Nc1cc(C(=O)OCC(=O)O[C@@H](Cc2c(Cl)c[nH+]cc2Cl)c2ccc(OC(F)F)c(OCC3CC3)c2)ccn1. The molecule has 43 heavy (non-hydrogen) atoms. The molecule has 0 saturated heterocycles. The summed E-state index contributed by atoms with van der Waals surface area (Å²) in [6.45, 7) is -3.60. The molecule has 2 N–H and O–H groups in total. The number of aromatic amines is 1. The van der Waals surface area contributed by atoms with Gasteiger partial charge in [0, 0.05) is 18.2 Å². The van der Waals surface area contributed by atoms with Crippen molar-refractivity contribution in [1.29, 1.82) is 0 Å². The molecule has 1 saturated carbocycles. The lowest BCUT2D eigenvalue weighted by Gasteiger charge is -2.21. The van der Waals surface area contributed by atoms with Crippen molar-refractivity contribution in [2.75, 3.05) is 24.2 Å². The lowest BCUT2D eigenvalue weighted by atomic mass is 10.0. The molecule has 0 bridgehead atoms. The van der Waals surface area contributed by atoms with Gasteiger partial charge in [-0.25, -0.2) is 28.0 Å². The Hall–Kier alpha value is -3.75. The quantitative estimate of drug-likeness (QED) is 0.244. The van der Waals surface area contributed by atoms with E-state index in [1.807, 2.05) is 0 Å². The Labute approximate surface area is 255 Å². The summed E-state index contributed by atoms with van der Waals surface area (Å²) in [5, 5.41) is 0.498. The van der Waals surface area contributed by atoms with Crippen molar-refractivity contribution in [3.8, 4) is 11.5 Å². The molecule has 230 valence electrons. The van der Waals surface area contributed by atoms with Gasteiger partial charge in [0.15, 0.2) is 30.5 Å². The van der Waals surface area contributed by atoms with Crippen molar-refractivity contribution in [1.82, 2.24) is 4.98 Å². The molecule has 0 radical (unpaired) electrons. The molecule has 16 heteroatoms. The number of carbonyl (C=O) groups is 2. The molecule has 1 aliphatic carbocycles. The second-order valence-corrected chi connectivity index (χ2v) is 12.1. The van der Waals surface area contributed by atoms with E-state index in [2.05, 4.69) is 19.4 Å². The largest absolute Gasteiger partial charge is 0.489 e. The predicted molar refractivity (Wildman–Crippen MR) is 150 cm³/mol. The molecule has 0 amide bonds. The lowest BCUT2D eigenvalue weighted by Crippen LogP contribution is -2.21. The van der Waals surface area contributed by atoms with Gasteiger partial charge in [0.2, 0.25) is 10.0 Å². The topological polar surface area (TPSA) is 144 Å². The Kier molecular flexibility index (Phi) is 10.6. The summed E-state index contributed by atoms with van der Waals surface area (Å²) in [4.78, 5) is 32.0. The third kappa shape index (κ3) is 9.90. The Balaban J connectivity index is 1.53. The fraction of sp³-hybridized carbons (Fsp3) is 0.333. The highest BCUT2D eigenvalue weighted by Gasteiger charge is 2.26. The summed E-state index contributed by atoms with van der Waals surface area (Å²) in [6, 6.07) is 6.54. The summed E-state index contributed by atoms with van der Waals surface area (Å²) in [5.41, 5.74) is 0.697. The van der Waals surface area contributed by atoms with Gasteiger partial charge in [-0.2, -0.15) is 8.78 Å².